The highest BCUT2D eigenvalue weighted by molar-refractivity contribution is 6.01. The summed E-state index contributed by atoms with van der Waals surface area (Å²) >= 11 is 0. The third-order valence-corrected chi connectivity index (χ3v) is 3.40. The van der Waals surface area contributed by atoms with Gasteiger partial charge in [0, 0.05) is 24.6 Å². The van der Waals surface area contributed by atoms with Crippen molar-refractivity contribution in [2.24, 2.45) is 5.16 Å². The van der Waals surface area contributed by atoms with Gasteiger partial charge >= 0.3 is 6.03 Å². The number of carbonyl (C=O) groups is 1. The molecule has 1 atom stereocenters. The van der Waals surface area contributed by atoms with Gasteiger partial charge < -0.3 is 15.1 Å². The van der Waals surface area contributed by atoms with Crippen LogP contribution in [0, 0.1) is 5.82 Å². The predicted octanol–water partition coefficient (Wildman–Crippen LogP) is 2.76. The SMILES string of the molecule is CCN(C[C@H]1CC(c2cccc(F)c2)=NO1)C(=O)NC(C)C. The number of nitrogens with zero attached hydrogens (tertiary/aromatic N) is 2. The first kappa shape index (κ1) is 16.3. The first-order valence-electron chi connectivity index (χ1n) is 7.53. The Morgan fingerprint density at radius 2 is 2.32 bits per heavy atom. The first-order chi connectivity index (χ1) is 10.5. The van der Waals surface area contributed by atoms with Gasteiger partial charge in [0.15, 0.2) is 6.10 Å². The zero-order chi connectivity index (χ0) is 16.1. The summed E-state index contributed by atoms with van der Waals surface area (Å²) in [5.41, 5.74) is 1.43. The molecule has 0 saturated heterocycles. The Kier molecular flexibility index (Phi) is 5.35. The van der Waals surface area contributed by atoms with E-state index in [-0.39, 0.29) is 24.0 Å². The lowest BCUT2D eigenvalue weighted by Crippen LogP contribution is -2.45. The second-order valence-electron chi connectivity index (χ2n) is 5.62. The molecule has 1 aliphatic rings. The van der Waals surface area contributed by atoms with Gasteiger partial charge in [0.05, 0.1) is 12.3 Å². The molecule has 0 saturated carbocycles. The fourth-order valence-corrected chi connectivity index (χ4v) is 2.30. The quantitative estimate of drug-likeness (QED) is 0.909. The molecule has 0 fully saturated rings. The van der Waals surface area contributed by atoms with Crippen molar-refractivity contribution in [3.63, 3.8) is 0 Å². The number of oxime groups is 1. The van der Waals surface area contributed by atoms with Crippen LogP contribution in [0.15, 0.2) is 29.4 Å². The van der Waals surface area contributed by atoms with Crippen LogP contribution in [0.1, 0.15) is 32.8 Å². The summed E-state index contributed by atoms with van der Waals surface area (Å²) in [6.07, 6.45) is 0.366. The molecule has 22 heavy (non-hydrogen) atoms. The average Bonchev–Trinajstić information content (AvgIpc) is 2.92. The Morgan fingerprint density at radius 1 is 1.55 bits per heavy atom. The number of nitrogens with one attached hydrogen (secondary N) is 1. The summed E-state index contributed by atoms with van der Waals surface area (Å²) in [6, 6.07) is 6.26. The van der Waals surface area contributed by atoms with Crippen LogP contribution in [-0.2, 0) is 4.84 Å². The second-order valence-corrected chi connectivity index (χ2v) is 5.62. The predicted molar refractivity (Wildman–Crippen MR) is 83.3 cm³/mol. The molecule has 2 amide bonds. The number of benzene rings is 1. The number of amides is 2. The van der Waals surface area contributed by atoms with Crippen molar-refractivity contribution in [1.29, 1.82) is 0 Å². The minimum Gasteiger partial charge on any atom is -0.390 e. The molecule has 6 heteroatoms. The standard InChI is InChI=1S/C16H22FN3O2/c1-4-20(16(21)18-11(2)3)10-14-9-15(19-22-14)12-6-5-7-13(17)8-12/h5-8,11,14H,4,9-10H2,1-3H3,(H,18,21)/t14-/m1/s1. The van der Waals surface area contributed by atoms with Gasteiger partial charge in [0.2, 0.25) is 0 Å². The van der Waals surface area contributed by atoms with Gasteiger partial charge in [-0.05, 0) is 32.9 Å². The van der Waals surface area contributed by atoms with Gasteiger partial charge in [-0.3, -0.25) is 0 Å². The molecule has 0 aromatic heterocycles. The number of urea groups is 1. The monoisotopic (exact) mass is 307 g/mol. The van der Waals surface area contributed by atoms with Crippen LogP contribution in [0.2, 0.25) is 0 Å². The molecule has 0 spiro atoms. The number of carbonyl (C=O) groups excluding carboxylic acids is 1. The molecule has 1 aliphatic heterocycles. The van der Waals surface area contributed by atoms with E-state index in [1.54, 1.807) is 17.0 Å². The minimum atomic E-state index is -0.296. The number of halogens is 1. The fraction of sp³-hybridized carbons (Fsp3) is 0.500. The molecule has 1 heterocycles. The highest BCUT2D eigenvalue weighted by Gasteiger charge is 2.26. The van der Waals surface area contributed by atoms with Gasteiger partial charge in [0.25, 0.3) is 0 Å². The first-order valence-corrected chi connectivity index (χ1v) is 7.53. The fourth-order valence-electron chi connectivity index (χ4n) is 2.30. The molecule has 2 rings (SSSR count). The summed E-state index contributed by atoms with van der Waals surface area (Å²) in [5, 5.41) is 6.89. The van der Waals surface area contributed by atoms with E-state index in [1.807, 2.05) is 20.8 Å². The number of rotatable bonds is 5. The Balaban J connectivity index is 1.92. The topological polar surface area (TPSA) is 53.9 Å². The van der Waals surface area contributed by atoms with Crippen LogP contribution >= 0.6 is 0 Å². The Hall–Kier alpha value is -2.11. The molecule has 1 aromatic carbocycles. The van der Waals surface area contributed by atoms with Gasteiger partial charge in [-0.25, -0.2) is 9.18 Å². The van der Waals surface area contributed by atoms with Crippen LogP contribution in [0.3, 0.4) is 0 Å². The van der Waals surface area contributed by atoms with E-state index < -0.39 is 0 Å². The summed E-state index contributed by atoms with van der Waals surface area (Å²) < 4.78 is 13.3. The highest BCUT2D eigenvalue weighted by Crippen LogP contribution is 2.18. The zero-order valence-corrected chi connectivity index (χ0v) is 13.2. The summed E-state index contributed by atoms with van der Waals surface area (Å²) in [4.78, 5) is 19.1. The van der Waals surface area contributed by atoms with E-state index in [2.05, 4.69) is 10.5 Å². The maximum atomic E-state index is 13.3. The van der Waals surface area contributed by atoms with Crippen molar-refractivity contribution in [2.45, 2.75) is 39.3 Å². The Morgan fingerprint density at radius 3 is 2.95 bits per heavy atom. The van der Waals surface area contributed by atoms with Crippen molar-refractivity contribution in [3.8, 4) is 0 Å². The molecule has 5 nitrogen and oxygen atoms in total. The Labute approximate surface area is 130 Å². The van der Waals surface area contributed by atoms with Crippen molar-refractivity contribution in [3.05, 3.63) is 35.6 Å². The summed E-state index contributed by atoms with van der Waals surface area (Å²) in [7, 11) is 0. The lowest BCUT2D eigenvalue weighted by molar-refractivity contribution is 0.0614. The molecule has 0 bridgehead atoms. The van der Waals surface area contributed by atoms with Crippen LogP contribution in [0.4, 0.5) is 9.18 Å². The van der Waals surface area contributed by atoms with E-state index >= 15 is 0 Å². The third kappa shape index (κ3) is 4.19. The molecule has 120 valence electrons. The third-order valence-electron chi connectivity index (χ3n) is 3.40. The van der Waals surface area contributed by atoms with E-state index in [1.165, 1.54) is 12.1 Å². The van der Waals surface area contributed by atoms with E-state index in [0.29, 0.717) is 25.2 Å². The van der Waals surface area contributed by atoms with E-state index in [4.69, 9.17) is 4.84 Å². The van der Waals surface area contributed by atoms with E-state index in [9.17, 15) is 9.18 Å². The molecule has 1 aromatic rings. The van der Waals surface area contributed by atoms with Crippen LogP contribution in [0.25, 0.3) is 0 Å². The molecular weight excluding hydrogens is 285 g/mol. The zero-order valence-electron chi connectivity index (χ0n) is 13.2. The Bertz CT molecular complexity index is 560. The largest absolute Gasteiger partial charge is 0.390 e. The van der Waals surface area contributed by atoms with Gasteiger partial charge in [-0.1, -0.05) is 17.3 Å². The van der Waals surface area contributed by atoms with Crippen LogP contribution in [0.5, 0.6) is 0 Å². The lowest BCUT2D eigenvalue weighted by Gasteiger charge is -2.24. The minimum absolute atomic E-state index is 0.0881. The van der Waals surface area contributed by atoms with E-state index in [0.717, 1.165) is 5.56 Å². The van der Waals surface area contributed by atoms with Gasteiger partial charge in [-0.15, -0.1) is 0 Å². The highest BCUT2D eigenvalue weighted by atomic mass is 19.1. The van der Waals surface area contributed by atoms with Crippen LogP contribution in [-0.4, -0.2) is 41.9 Å². The second kappa shape index (κ2) is 7.24. The molecule has 1 N–H and O–H groups in total. The van der Waals surface area contributed by atoms with Crippen molar-refractivity contribution >= 4 is 11.7 Å². The van der Waals surface area contributed by atoms with Crippen molar-refractivity contribution in [2.75, 3.05) is 13.1 Å². The van der Waals surface area contributed by atoms with Gasteiger partial charge in [0.1, 0.15) is 5.82 Å². The maximum absolute atomic E-state index is 13.3. The number of likely N-dealkylation sites (N-methyl/N-ethyl adjacent to an activating group) is 1. The molecule has 0 radical (unpaired) electrons. The summed E-state index contributed by atoms with van der Waals surface area (Å²) in [5.74, 6) is -0.296. The van der Waals surface area contributed by atoms with Crippen molar-refractivity contribution in [1.82, 2.24) is 10.2 Å². The smallest absolute Gasteiger partial charge is 0.317 e. The lowest BCUT2D eigenvalue weighted by atomic mass is 10.0. The van der Waals surface area contributed by atoms with Crippen LogP contribution < -0.4 is 5.32 Å². The van der Waals surface area contributed by atoms with Crippen molar-refractivity contribution < 1.29 is 14.0 Å². The molecule has 0 unspecified atom stereocenters. The summed E-state index contributed by atoms with van der Waals surface area (Å²) in [6.45, 7) is 6.81. The average molecular weight is 307 g/mol. The van der Waals surface area contributed by atoms with Gasteiger partial charge in [-0.2, -0.15) is 0 Å². The molecular formula is C16H22FN3O2. The normalized spacial score (nSPS) is 17.1. The number of hydrogen-bond donors (Lipinski definition) is 1. The maximum Gasteiger partial charge on any atom is 0.317 e. The molecule has 0 aliphatic carbocycles. The number of hydrogen-bond acceptors (Lipinski definition) is 3.